The molecule has 0 heterocycles. The fourth-order valence-corrected chi connectivity index (χ4v) is 0.332. The number of hydrogen-bond acceptors (Lipinski definition) is 3. The van der Waals surface area contributed by atoms with Gasteiger partial charge in [0.1, 0.15) is 0 Å². The first kappa shape index (κ1) is 7.70. The molecule has 0 bridgehead atoms. The minimum absolute atomic E-state index is 0.316. The summed E-state index contributed by atoms with van der Waals surface area (Å²) in [7, 11) is 0. The van der Waals surface area contributed by atoms with Crippen LogP contribution in [0.2, 0.25) is 0 Å². The zero-order valence-electron chi connectivity index (χ0n) is 4.45. The summed E-state index contributed by atoms with van der Waals surface area (Å²) in [6.45, 7) is 1.00. The Bertz CT molecular complexity index is 77.8. The molecule has 2 N–H and O–H groups in total. The number of hydrogen-bond donors (Lipinski definition) is 2. The average Bonchev–Trinajstić information content (AvgIpc) is 1.81. The molecule has 0 aromatic carbocycles. The van der Waals surface area contributed by atoms with E-state index in [1.807, 2.05) is 6.07 Å². The molecule has 0 aromatic rings. The van der Waals surface area contributed by atoms with Crippen LogP contribution in [-0.4, -0.2) is 19.0 Å². The summed E-state index contributed by atoms with van der Waals surface area (Å²) in [4.78, 5) is 0. The van der Waals surface area contributed by atoms with Crippen molar-refractivity contribution in [3.8, 4) is 6.07 Å². The summed E-state index contributed by atoms with van der Waals surface area (Å²) < 4.78 is 0. The lowest BCUT2D eigenvalue weighted by Crippen LogP contribution is -2.33. The Hall–Kier alpha value is -0.300. The normalized spacial score (nSPS) is 8.50. The molecule has 46 valence electrons. The van der Waals surface area contributed by atoms with Crippen molar-refractivity contribution in [3.05, 3.63) is 0 Å². The Balaban J connectivity index is 2.65. The number of rotatable bonds is 4. The molecular formula is C4H8ClN3. The van der Waals surface area contributed by atoms with Gasteiger partial charge in [0.15, 0.2) is 0 Å². The van der Waals surface area contributed by atoms with Crippen LogP contribution in [-0.2, 0) is 0 Å². The lowest BCUT2D eigenvalue weighted by molar-refractivity contribution is 0.596. The van der Waals surface area contributed by atoms with Crippen molar-refractivity contribution in [1.29, 1.82) is 5.26 Å². The fraction of sp³-hybridized carbons (Fsp3) is 0.750. The number of nitrogens with one attached hydrogen (secondary N) is 2. The summed E-state index contributed by atoms with van der Waals surface area (Å²) in [6.07, 6.45) is 0. The van der Waals surface area contributed by atoms with Crippen LogP contribution < -0.4 is 10.9 Å². The van der Waals surface area contributed by atoms with Gasteiger partial charge in [-0.15, -0.1) is 11.6 Å². The van der Waals surface area contributed by atoms with Gasteiger partial charge >= 0.3 is 0 Å². The molecule has 0 fully saturated rings. The summed E-state index contributed by atoms with van der Waals surface area (Å²) in [6, 6.07) is 1.91. The molecule has 0 aromatic heterocycles. The SMILES string of the molecule is N#CCNNCCCl. The van der Waals surface area contributed by atoms with Crippen LogP contribution in [0.1, 0.15) is 0 Å². The van der Waals surface area contributed by atoms with E-state index in [-0.39, 0.29) is 0 Å². The quantitative estimate of drug-likeness (QED) is 0.243. The first-order valence-corrected chi connectivity index (χ1v) is 2.84. The number of nitrogens with zero attached hydrogens (tertiary/aromatic N) is 1. The Morgan fingerprint density at radius 2 is 2.25 bits per heavy atom. The van der Waals surface area contributed by atoms with E-state index < -0.39 is 0 Å². The molecule has 0 unspecified atom stereocenters. The topological polar surface area (TPSA) is 47.9 Å². The fourth-order valence-electron chi connectivity index (χ4n) is 0.238. The van der Waals surface area contributed by atoms with Crippen LogP contribution in [0, 0.1) is 11.3 Å². The molecule has 0 aliphatic carbocycles. The van der Waals surface area contributed by atoms with Crippen LogP contribution in [0.5, 0.6) is 0 Å². The van der Waals surface area contributed by atoms with Gasteiger partial charge in [-0.05, 0) is 0 Å². The molecule has 8 heavy (non-hydrogen) atoms. The van der Waals surface area contributed by atoms with Crippen molar-refractivity contribution < 1.29 is 0 Å². The first-order chi connectivity index (χ1) is 3.91. The second-order valence-electron chi connectivity index (χ2n) is 1.13. The molecule has 0 radical (unpaired) electrons. The molecule has 0 amide bonds. The van der Waals surface area contributed by atoms with Crippen LogP contribution in [0.4, 0.5) is 0 Å². The Morgan fingerprint density at radius 1 is 1.50 bits per heavy atom. The highest BCUT2D eigenvalue weighted by molar-refractivity contribution is 6.18. The second-order valence-corrected chi connectivity index (χ2v) is 1.51. The van der Waals surface area contributed by atoms with Gasteiger partial charge in [-0.1, -0.05) is 0 Å². The summed E-state index contributed by atoms with van der Waals surface area (Å²) >= 11 is 5.30. The van der Waals surface area contributed by atoms with Crippen LogP contribution in [0.3, 0.4) is 0 Å². The van der Waals surface area contributed by atoms with Gasteiger partial charge in [-0.25, -0.2) is 5.43 Å². The molecule has 0 atom stereocenters. The Morgan fingerprint density at radius 3 is 2.75 bits per heavy atom. The van der Waals surface area contributed by atoms with Crippen molar-refractivity contribution in [1.82, 2.24) is 10.9 Å². The average molecular weight is 134 g/mol. The van der Waals surface area contributed by atoms with E-state index in [0.29, 0.717) is 19.0 Å². The van der Waals surface area contributed by atoms with Crippen LogP contribution >= 0.6 is 11.6 Å². The monoisotopic (exact) mass is 133 g/mol. The van der Waals surface area contributed by atoms with Crippen molar-refractivity contribution in [2.75, 3.05) is 19.0 Å². The predicted molar refractivity (Wildman–Crippen MR) is 32.3 cm³/mol. The molecule has 4 heteroatoms. The predicted octanol–water partition coefficient (Wildman–Crippen LogP) is -0.157. The smallest absolute Gasteiger partial charge is 0.0972 e. The summed E-state index contributed by atoms with van der Waals surface area (Å²) in [5, 5.41) is 7.98. The molecule has 0 aliphatic rings. The van der Waals surface area contributed by atoms with Crippen LogP contribution in [0.25, 0.3) is 0 Å². The van der Waals surface area contributed by atoms with Gasteiger partial charge in [0.25, 0.3) is 0 Å². The first-order valence-electron chi connectivity index (χ1n) is 2.30. The zero-order valence-corrected chi connectivity index (χ0v) is 5.20. The standard InChI is InChI=1S/C4H8ClN3/c5-1-3-7-8-4-2-6/h7-8H,1,3-4H2. The van der Waals surface area contributed by atoms with E-state index in [0.717, 1.165) is 0 Å². The van der Waals surface area contributed by atoms with Gasteiger partial charge in [0.05, 0.1) is 12.6 Å². The molecule has 0 spiro atoms. The van der Waals surface area contributed by atoms with Gasteiger partial charge in [0.2, 0.25) is 0 Å². The lowest BCUT2D eigenvalue weighted by Gasteiger charge is -1.96. The second kappa shape index (κ2) is 6.70. The largest absolute Gasteiger partial charge is 0.256 e. The molecular weight excluding hydrogens is 126 g/mol. The molecule has 3 nitrogen and oxygen atoms in total. The van der Waals surface area contributed by atoms with Crippen molar-refractivity contribution in [3.63, 3.8) is 0 Å². The van der Waals surface area contributed by atoms with E-state index in [1.54, 1.807) is 0 Å². The third-order valence-corrected chi connectivity index (χ3v) is 0.701. The third kappa shape index (κ3) is 5.70. The van der Waals surface area contributed by atoms with E-state index in [1.165, 1.54) is 0 Å². The maximum absolute atomic E-state index is 7.98. The molecule has 0 saturated heterocycles. The van der Waals surface area contributed by atoms with Crippen molar-refractivity contribution in [2.45, 2.75) is 0 Å². The van der Waals surface area contributed by atoms with E-state index in [2.05, 4.69) is 10.9 Å². The Labute approximate surface area is 53.6 Å². The van der Waals surface area contributed by atoms with Gasteiger partial charge in [-0.3, -0.25) is 5.43 Å². The highest BCUT2D eigenvalue weighted by Gasteiger charge is 1.78. The lowest BCUT2D eigenvalue weighted by atomic mass is 10.7. The number of hydrazine groups is 1. The number of alkyl halides is 1. The maximum Gasteiger partial charge on any atom is 0.0972 e. The van der Waals surface area contributed by atoms with Crippen molar-refractivity contribution >= 4 is 11.6 Å². The summed E-state index contributed by atoms with van der Waals surface area (Å²) in [5.74, 6) is 0.554. The van der Waals surface area contributed by atoms with Crippen molar-refractivity contribution in [2.24, 2.45) is 0 Å². The number of nitriles is 1. The summed E-state index contributed by atoms with van der Waals surface area (Å²) in [5.41, 5.74) is 5.37. The van der Waals surface area contributed by atoms with E-state index >= 15 is 0 Å². The van der Waals surface area contributed by atoms with E-state index in [4.69, 9.17) is 16.9 Å². The van der Waals surface area contributed by atoms with E-state index in [9.17, 15) is 0 Å². The minimum Gasteiger partial charge on any atom is -0.256 e. The molecule has 0 saturated carbocycles. The zero-order chi connectivity index (χ0) is 6.24. The number of halogens is 1. The molecule has 0 aliphatic heterocycles. The van der Waals surface area contributed by atoms with Gasteiger partial charge < -0.3 is 0 Å². The van der Waals surface area contributed by atoms with Gasteiger partial charge in [0, 0.05) is 12.4 Å². The maximum atomic E-state index is 7.98. The highest BCUT2D eigenvalue weighted by Crippen LogP contribution is 1.65. The van der Waals surface area contributed by atoms with Crippen LogP contribution in [0.15, 0.2) is 0 Å². The Kier molecular flexibility index (Phi) is 6.45. The third-order valence-electron chi connectivity index (χ3n) is 0.512. The van der Waals surface area contributed by atoms with Gasteiger partial charge in [-0.2, -0.15) is 5.26 Å². The minimum atomic E-state index is 0.316. The highest BCUT2D eigenvalue weighted by atomic mass is 35.5. The molecule has 0 rings (SSSR count).